The van der Waals surface area contributed by atoms with Crippen LogP contribution in [0.3, 0.4) is 0 Å². The summed E-state index contributed by atoms with van der Waals surface area (Å²) in [5.41, 5.74) is 0.0983. The van der Waals surface area contributed by atoms with E-state index in [0.717, 1.165) is 24.5 Å². The third-order valence-electron chi connectivity index (χ3n) is 4.39. The zero-order valence-electron chi connectivity index (χ0n) is 16.7. The summed E-state index contributed by atoms with van der Waals surface area (Å²) in [5, 5.41) is -0.263. The smallest absolute Gasteiger partial charge is 0.486 e. The Morgan fingerprint density at radius 2 is 1.79 bits per heavy atom. The van der Waals surface area contributed by atoms with Gasteiger partial charge in [0.2, 0.25) is 10.0 Å². The molecule has 180 valence electrons. The molecule has 1 aliphatic heterocycles. The molecule has 2 aromatic carbocycles. The lowest BCUT2D eigenvalue weighted by Crippen LogP contribution is -2.53. The first kappa shape index (κ1) is 25.3. The summed E-state index contributed by atoms with van der Waals surface area (Å²) in [6.07, 6.45) is -4.45. The molecule has 0 spiro atoms. The van der Waals surface area contributed by atoms with E-state index in [2.05, 4.69) is 4.74 Å². The largest absolute Gasteiger partial charge is 0.573 e. The monoisotopic (exact) mass is 530 g/mol. The van der Waals surface area contributed by atoms with Crippen molar-refractivity contribution in [1.82, 2.24) is 9.62 Å². The summed E-state index contributed by atoms with van der Waals surface area (Å²) in [7, 11) is -3.88. The number of benzene rings is 2. The van der Waals surface area contributed by atoms with E-state index in [1.165, 1.54) is 12.1 Å². The molecule has 1 heterocycles. The van der Waals surface area contributed by atoms with Gasteiger partial charge in [-0.1, -0.05) is 29.3 Å². The quantitative estimate of drug-likeness (QED) is 0.545. The molecule has 1 N–H and O–H groups in total. The molecule has 0 radical (unpaired) electrons. The van der Waals surface area contributed by atoms with Gasteiger partial charge >= 0.3 is 6.36 Å². The second-order valence-corrected chi connectivity index (χ2v) is 9.78. The van der Waals surface area contributed by atoms with Crippen molar-refractivity contribution < 1.29 is 40.2 Å². The van der Waals surface area contributed by atoms with Gasteiger partial charge in [0.25, 0.3) is 5.91 Å². The summed E-state index contributed by atoms with van der Waals surface area (Å²) >= 11 is 11.9. The summed E-state index contributed by atoms with van der Waals surface area (Å²) in [6, 6.07) is 5.80. The Morgan fingerprint density at radius 1 is 1.15 bits per heavy atom. The van der Waals surface area contributed by atoms with Crippen LogP contribution in [0, 0.1) is 5.82 Å². The van der Waals surface area contributed by atoms with E-state index < -0.39 is 39.4 Å². The number of hydrogen-bond donors (Lipinski definition) is 1. The second kappa shape index (κ2) is 9.53. The van der Waals surface area contributed by atoms with E-state index in [-0.39, 0.29) is 21.9 Å². The van der Waals surface area contributed by atoms with Crippen LogP contribution in [0.4, 0.5) is 17.6 Å². The highest BCUT2D eigenvalue weighted by molar-refractivity contribution is 7.89. The lowest BCUT2D eigenvalue weighted by molar-refractivity contribution is -0.274. The van der Waals surface area contributed by atoms with Gasteiger partial charge in [-0.25, -0.2) is 17.5 Å². The molecule has 1 amide bonds. The number of carbonyl (C=O) groups is 1. The van der Waals surface area contributed by atoms with Crippen molar-refractivity contribution in [3.63, 3.8) is 0 Å². The van der Waals surface area contributed by atoms with Crippen LogP contribution in [-0.2, 0) is 16.6 Å². The molecular formula is C19H16Cl2F4N2O5S. The second-order valence-electron chi connectivity index (χ2n) is 7.21. The van der Waals surface area contributed by atoms with E-state index in [0.29, 0.717) is 25.2 Å². The molecule has 0 aromatic heterocycles. The standard InChI is InChI=1S/C19H16Cl2F4N2O5S/c1-33(29,30)26-18(28)12-5-14(21)17(6-15(12)22)31-11-8-27(9-11)7-10-2-3-16(13(20)4-10)32-19(23,24)25/h2-6,11H,7-9H2,1H3,(H,26,28). The number of halogens is 6. The number of nitrogens with zero attached hydrogens (tertiary/aromatic N) is 1. The molecular weight excluding hydrogens is 515 g/mol. The van der Waals surface area contributed by atoms with Gasteiger partial charge in [-0.15, -0.1) is 13.2 Å². The highest BCUT2D eigenvalue weighted by Crippen LogP contribution is 2.33. The zero-order valence-corrected chi connectivity index (χ0v) is 19.1. The van der Waals surface area contributed by atoms with Crippen LogP contribution >= 0.6 is 23.2 Å². The molecule has 0 atom stereocenters. The lowest BCUT2D eigenvalue weighted by atomic mass is 10.1. The van der Waals surface area contributed by atoms with Crippen LogP contribution in [0.25, 0.3) is 0 Å². The average Bonchev–Trinajstić information content (AvgIpc) is 2.62. The van der Waals surface area contributed by atoms with E-state index >= 15 is 0 Å². The first-order valence-corrected chi connectivity index (χ1v) is 11.8. The van der Waals surface area contributed by atoms with E-state index in [9.17, 15) is 30.8 Å². The fraction of sp³-hybridized carbons (Fsp3) is 0.316. The number of sulfonamides is 1. The summed E-state index contributed by atoms with van der Waals surface area (Å²) in [4.78, 5) is 13.8. The number of amides is 1. The summed E-state index contributed by atoms with van der Waals surface area (Å²) < 4.78 is 84.6. The third-order valence-corrected chi connectivity index (χ3v) is 5.54. The van der Waals surface area contributed by atoms with Gasteiger partial charge in [-0.3, -0.25) is 9.69 Å². The van der Waals surface area contributed by atoms with Gasteiger partial charge < -0.3 is 9.47 Å². The van der Waals surface area contributed by atoms with Crippen LogP contribution in [0.15, 0.2) is 30.3 Å². The maximum absolute atomic E-state index is 14.3. The van der Waals surface area contributed by atoms with Crippen molar-refractivity contribution in [2.75, 3.05) is 19.3 Å². The van der Waals surface area contributed by atoms with Gasteiger partial charge in [-0.05, 0) is 23.8 Å². The van der Waals surface area contributed by atoms with Crippen LogP contribution < -0.4 is 14.2 Å². The molecule has 1 aliphatic rings. The summed E-state index contributed by atoms with van der Waals surface area (Å²) in [6.45, 7) is 1.19. The molecule has 1 saturated heterocycles. The molecule has 3 rings (SSSR count). The van der Waals surface area contributed by atoms with Crippen molar-refractivity contribution in [2.24, 2.45) is 0 Å². The van der Waals surface area contributed by atoms with Crippen LogP contribution in [0.1, 0.15) is 15.9 Å². The van der Waals surface area contributed by atoms with Gasteiger partial charge in [-0.2, -0.15) is 0 Å². The van der Waals surface area contributed by atoms with E-state index in [1.54, 1.807) is 4.72 Å². The first-order chi connectivity index (χ1) is 15.2. The SMILES string of the molecule is CS(=O)(=O)NC(=O)c1cc(Cl)c(OC2CN(Cc3ccc(OC(F)(F)F)c(Cl)c3)C2)cc1F. The zero-order chi connectivity index (χ0) is 24.6. The van der Waals surface area contributed by atoms with Crippen molar-refractivity contribution in [3.8, 4) is 11.5 Å². The summed E-state index contributed by atoms with van der Waals surface area (Å²) in [5.74, 6) is -2.69. The Labute approximate surface area is 196 Å². The molecule has 33 heavy (non-hydrogen) atoms. The highest BCUT2D eigenvalue weighted by atomic mass is 35.5. The lowest BCUT2D eigenvalue weighted by Gasteiger charge is -2.39. The number of likely N-dealkylation sites (tertiary alicyclic amines) is 1. The Bertz CT molecular complexity index is 1170. The number of ether oxygens (including phenoxy) is 2. The number of rotatable bonds is 7. The average molecular weight is 531 g/mol. The Morgan fingerprint density at radius 3 is 2.36 bits per heavy atom. The van der Waals surface area contributed by atoms with E-state index in [4.69, 9.17) is 27.9 Å². The number of carbonyl (C=O) groups excluding carboxylic acids is 1. The molecule has 2 aromatic rings. The van der Waals surface area contributed by atoms with Crippen molar-refractivity contribution in [1.29, 1.82) is 0 Å². The molecule has 0 bridgehead atoms. The predicted molar refractivity (Wildman–Crippen MR) is 112 cm³/mol. The fourth-order valence-corrected chi connectivity index (χ4v) is 3.93. The normalized spacial score (nSPS) is 15.1. The van der Waals surface area contributed by atoms with Gasteiger partial charge in [0.1, 0.15) is 23.4 Å². The minimum Gasteiger partial charge on any atom is -0.486 e. The highest BCUT2D eigenvalue weighted by Gasteiger charge is 2.33. The van der Waals surface area contributed by atoms with Gasteiger partial charge in [0, 0.05) is 25.7 Å². The Balaban J connectivity index is 1.56. The number of hydrogen-bond acceptors (Lipinski definition) is 6. The molecule has 0 saturated carbocycles. The number of nitrogens with one attached hydrogen (secondary N) is 1. The van der Waals surface area contributed by atoms with Crippen molar-refractivity contribution >= 4 is 39.1 Å². The minimum atomic E-state index is -4.84. The van der Waals surface area contributed by atoms with Crippen LogP contribution in [0.2, 0.25) is 10.0 Å². The number of alkyl halides is 3. The topological polar surface area (TPSA) is 84.9 Å². The van der Waals surface area contributed by atoms with Gasteiger partial charge in [0.05, 0.1) is 21.9 Å². The Kier molecular flexibility index (Phi) is 7.32. The maximum Gasteiger partial charge on any atom is 0.573 e. The molecule has 0 unspecified atom stereocenters. The maximum atomic E-state index is 14.3. The molecule has 0 aliphatic carbocycles. The Hall–Kier alpha value is -2.28. The van der Waals surface area contributed by atoms with Crippen LogP contribution in [-0.4, -0.2) is 51.0 Å². The minimum absolute atomic E-state index is 0.0218. The van der Waals surface area contributed by atoms with Crippen molar-refractivity contribution in [3.05, 3.63) is 57.3 Å². The van der Waals surface area contributed by atoms with Crippen LogP contribution in [0.5, 0.6) is 11.5 Å². The molecule has 14 heteroatoms. The van der Waals surface area contributed by atoms with E-state index in [1.807, 2.05) is 4.90 Å². The fourth-order valence-electron chi connectivity index (χ4n) is 3.03. The molecule has 1 fully saturated rings. The molecule has 7 nitrogen and oxygen atoms in total. The predicted octanol–water partition coefficient (Wildman–Crippen LogP) is 3.98. The van der Waals surface area contributed by atoms with Gasteiger partial charge in [0.15, 0.2) is 0 Å². The third kappa shape index (κ3) is 7.10. The first-order valence-electron chi connectivity index (χ1n) is 9.14. The van der Waals surface area contributed by atoms with Crippen molar-refractivity contribution in [2.45, 2.75) is 19.0 Å².